The van der Waals surface area contributed by atoms with Gasteiger partial charge in [-0.25, -0.2) is 4.79 Å². The number of allylic oxidation sites excluding steroid dienone is 1. The van der Waals surface area contributed by atoms with E-state index in [2.05, 4.69) is 43.0 Å². The van der Waals surface area contributed by atoms with Gasteiger partial charge in [-0.05, 0) is 99.9 Å². The van der Waals surface area contributed by atoms with Crippen molar-refractivity contribution in [2.75, 3.05) is 24.7 Å². The minimum atomic E-state index is -1.02. The van der Waals surface area contributed by atoms with E-state index in [1.54, 1.807) is 26.0 Å². The zero-order valence-corrected chi connectivity index (χ0v) is 22.2. The lowest BCUT2D eigenvalue weighted by Crippen LogP contribution is -2.42. The zero-order valence-electron chi connectivity index (χ0n) is 22.2. The minimum absolute atomic E-state index is 0.321. The Morgan fingerprint density at radius 2 is 1.65 bits per heavy atom. The predicted molar refractivity (Wildman–Crippen MR) is 147 cm³/mol. The molecule has 0 spiro atoms. The molecule has 3 aromatic rings. The van der Waals surface area contributed by atoms with Crippen LogP contribution in [0.1, 0.15) is 46.6 Å². The van der Waals surface area contributed by atoms with Crippen molar-refractivity contribution in [2.45, 2.75) is 46.6 Å². The van der Waals surface area contributed by atoms with E-state index in [1.807, 2.05) is 43.3 Å². The largest absolute Gasteiger partial charge is 0.490 e. The normalized spacial score (nSPS) is 14.1. The van der Waals surface area contributed by atoms with Gasteiger partial charge in [-0.3, -0.25) is 0 Å². The van der Waals surface area contributed by atoms with Crippen molar-refractivity contribution in [1.82, 2.24) is 0 Å². The Hall–Kier alpha value is -3.93. The van der Waals surface area contributed by atoms with E-state index in [4.69, 9.17) is 18.9 Å². The molecule has 1 aliphatic rings. The third-order valence-electron chi connectivity index (χ3n) is 6.59. The second-order valence-corrected chi connectivity index (χ2v) is 9.07. The molecular weight excluding hydrogens is 466 g/mol. The smallest absolute Gasteiger partial charge is 0.350 e. The summed E-state index contributed by atoms with van der Waals surface area (Å²) in [6.45, 7) is 11.2. The van der Waals surface area contributed by atoms with Crippen LogP contribution in [0.4, 0.5) is 11.4 Å². The maximum atomic E-state index is 12.3. The van der Waals surface area contributed by atoms with Crippen LogP contribution in [-0.4, -0.2) is 31.3 Å². The van der Waals surface area contributed by atoms with E-state index in [0.29, 0.717) is 25.4 Å². The quantitative estimate of drug-likeness (QED) is 0.267. The Bertz CT molecular complexity index is 1270. The molecule has 6 nitrogen and oxygen atoms in total. The number of hydrogen-bond acceptors (Lipinski definition) is 6. The van der Waals surface area contributed by atoms with Gasteiger partial charge in [0.2, 0.25) is 5.60 Å². The Morgan fingerprint density at radius 3 is 2.35 bits per heavy atom. The monoisotopic (exact) mass is 501 g/mol. The SMILES string of the molecule is CCOC(=O)C(C)(CC)Oc1ccc(OC/C=C(/C)c2ccc3c(c2)N(CC)c2ccccc2O3)cc1. The van der Waals surface area contributed by atoms with Gasteiger partial charge in [-0.1, -0.05) is 25.1 Å². The fourth-order valence-electron chi connectivity index (χ4n) is 4.20. The van der Waals surface area contributed by atoms with Gasteiger partial charge >= 0.3 is 5.97 Å². The first-order valence-electron chi connectivity index (χ1n) is 12.8. The second kappa shape index (κ2) is 11.4. The van der Waals surface area contributed by atoms with Gasteiger partial charge in [0, 0.05) is 6.54 Å². The molecule has 194 valence electrons. The molecule has 0 amide bonds. The van der Waals surface area contributed by atoms with Gasteiger partial charge in [0.25, 0.3) is 0 Å². The molecule has 0 N–H and O–H groups in total. The van der Waals surface area contributed by atoms with Crippen LogP contribution in [0.25, 0.3) is 5.57 Å². The third-order valence-corrected chi connectivity index (χ3v) is 6.59. The summed E-state index contributed by atoms with van der Waals surface area (Å²) < 4.78 is 23.2. The standard InChI is InChI=1S/C31H35NO5/c1-6-31(5,30(33)34-8-3)37-25-16-14-24(15-17-25)35-20-19-22(4)23-13-18-29-27(21-23)32(7-2)26-11-9-10-12-28(26)36-29/h9-19,21H,6-8,20H2,1-5H3/b22-19-. The van der Waals surface area contributed by atoms with Crippen molar-refractivity contribution < 1.29 is 23.7 Å². The summed E-state index contributed by atoms with van der Waals surface area (Å²) in [5.41, 5.74) is 3.35. The van der Waals surface area contributed by atoms with Crippen LogP contribution in [0.5, 0.6) is 23.0 Å². The molecule has 0 radical (unpaired) electrons. The zero-order chi connectivity index (χ0) is 26.4. The summed E-state index contributed by atoms with van der Waals surface area (Å²) in [6, 6.07) is 21.7. The molecule has 1 unspecified atom stereocenters. The highest BCUT2D eigenvalue weighted by Gasteiger charge is 2.35. The molecular formula is C31H35NO5. The van der Waals surface area contributed by atoms with Crippen LogP contribution < -0.4 is 19.1 Å². The lowest BCUT2D eigenvalue weighted by Gasteiger charge is -2.32. The highest BCUT2D eigenvalue weighted by molar-refractivity contribution is 5.81. The third kappa shape index (κ3) is 5.74. The van der Waals surface area contributed by atoms with Crippen LogP contribution in [0.3, 0.4) is 0 Å². The van der Waals surface area contributed by atoms with Crippen LogP contribution in [0, 0.1) is 0 Å². The number of hydrogen-bond donors (Lipinski definition) is 0. The molecule has 4 rings (SSSR count). The molecule has 0 aliphatic carbocycles. The molecule has 0 saturated carbocycles. The first-order chi connectivity index (χ1) is 17.9. The second-order valence-electron chi connectivity index (χ2n) is 9.07. The number of fused-ring (bicyclic) bond motifs is 2. The molecule has 1 atom stereocenters. The van der Waals surface area contributed by atoms with E-state index in [1.165, 1.54) is 0 Å². The van der Waals surface area contributed by atoms with Gasteiger partial charge in [0.15, 0.2) is 11.5 Å². The summed E-state index contributed by atoms with van der Waals surface area (Å²) in [5.74, 6) is 2.69. The van der Waals surface area contributed by atoms with E-state index in [-0.39, 0.29) is 5.97 Å². The number of esters is 1. The Labute approximate surface area is 219 Å². The van der Waals surface area contributed by atoms with E-state index in [9.17, 15) is 4.79 Å². The molecule has 1 aliphatic heterocycles. The first-order valence-corrected chi connectivity index (χ1v) is 12.8. The van der Waals surface area contributed by atoms with Gasteiger partial charge in [-0.2, -0.15) is 0 Å². The highest BCUT2D eigenvalue weighted by Crippen LogP contribution is 2.47. The number of nitrogens with zero attached hydrogens (tertiary/aromatic N) is 1. The topological polar surface area (TPSA) is 57.2 Å². The van der Waals surface area contributed by atoms with Gasteiger partial charge in [-0.15, -0.1) is 0 Å². The summed E-state index contributed by atoms with van der Waals surface area (Å²) in [4.78, 5) is 14.5. The fraction of sp³-hybridized carbons (Fsp3) is 0.323. The van der Waals surface area contributed by atoms with Crippen molar-refractivity contribution in [2.24, 2.45) is 0 Å². The molecule has 0 fully saturated rings. The molecule has 0 aromatic heterocycles. The lowest BCUT2D eigenvalue weighted by atomic mass is 10.0. The van der Waals surface area contributed by atoms with Crippen molar-refractivity contribution in [3.05, 3.63) is 78.4 Å². The van der Waals surface area contributed by atoms with Gasteiger partial charge < -0.3 is 23.8 Å². The predicted octanol–water partition coefficient (Wildman–Crippen LogP) is 7.54. The molecule has 0 saturated heterocycles. The Balaban J connectivity index is 1.40. The van der Waals surface area contributed by atoms with Gasteiger partial charge in [0.05, 0.1) is 18.0 Å². The summed E-state index contributed by atoms with van der Waals surface area (Å²) in [7, 11) is 0. The fourth-order valence-corrected chi connectivity index (χ4v) is 4.20. The average molecular weight is 502 g/mol. The summed E-state index contributed by atoms with van der Waals surface area (Å²) >= 11 is 0. The van der Waals surface area contributed by atoms with Crippen molar-refractivity contribution in [3.63, 3.8) is 0 Å². The molecule has 0 bridgehead atoms. The Morgan fingerprint density at radius 1 is 0.946 bits per heavy atom. The lowest BCUT2D eigenvalue weighted by molar-refractivity contribution is -0.160. The Kier molecular flexibility index (Phi) is 8.07. The number of anilines is 2. The minimum Gasteiger partial charge on any atom is -0.490 e. The number of carbonyl (C=O) groups is 1. The van der Waals surface area contributed by atoms with Crippen molar-refractivity contribution in [1.29, 1.82) is 0 Å². The number of rotatable bonds is 10. The number of para-hydroxylation sites is 2. The summed E-state index contributed by atoms with van der Waals surface area (Å²) in [6.07, 6.45) is 2.57. The van der Waals surface area contributed by atoms with Crippen LogP contribution in [-0.2, 0) is 9.53 Å². The van der Waals surface area contributed by atoms with Crippen molar-refractivity contribution in [3.8, 4) is 23.0 Å². The van der Waals surface area contributed by atoms with Crippen LogP contribution in [0.2, 0.25) is 0 Å². The number of benzene rings is 3. The van der Waals surface area contributed by atoms with E-state index in [0.717, 1.165) is 46.3 Å². The summed E-state index contributed by atoms with van der Waals surface area (Å²) in [5, 5.41) is 0. The average Bonchev–Trinajstić information content (AvgIpc) is 2.92. The first kappa shape index (κ1) is 26.1. The van der Waals surface area contributed by atoms with Crippen LogP contribution in [0.15, 0.2) is 72.8 Å². The van der Waals surface area contributed by atoms with Crippen molar-refractivity contribution >= 4 is 22.9 Å². The molecule has 37 heavy (non-hydrogen) atoms. The molecule has 3 aromatic carbocycles. The molecule has 6 heteroatoms. The number of carbonyl (C=O) groups excluding carboxylic acids is 1. The maximum absolute atomic E-state index is 12.3. The number of ether oxygens (including phenoxy) is 4. The maximum Gasteiger partial charge on any atom is 0.350 e. The van der Waals surface area contributed by atoms with Gasteiger partial charge in [0.1, 0.15) is 18.1 Å². The molecule has 1 heterocycles. The van der Waals surface area contributed by atoms with Crippen LogP contribution >= 0.6 is 0 Å². The highest BCUT2D eigenvalue weighted by atomic mass is 16.6. The van der Waals surface area contributed by atoms with E-state index >= 15 is 0 Å². The van der Waals surface area contributed by atoms with E-state index < -0.39 is 5.60 Å².